The predicted molar refractivity (Wildman–Crippen MR) is 61.4 cm³/mol. The molecule has 0 aliphatic heterocycles. The third kappa shape index (κ3) is 1.49. The molecule has 3 saturated carbocycles. The third-order valence-electron chi connectivity index (χ3n) is 3.48. The van der Waals surface area contributed by atoms with Gasteiger partial charge in [0.05, 0.1) is 5.01 Å². The van der Waals surface area contributed by atoms with Crippen molar-refractivity contribution >= 4 is 23.7 Å². The van der Waals surface area contributed by atoms with Crippen molar-refractivity contribution in [1.29, 1.82) is 0 Å². The fourth-order valence-electron chi connectivity index (χ4n) is 2.81. The summed E-state index contributed by atoms with van der Waals surface area (Å²) in [5.74, 6) is -2.82. The summed E-state index contributed by atoms with van der Waals surface area (Å²) < 4.78 is 26.0. The highest BCUT2D eigenvalue weighted by Gasteiger charge is 2.68. The van der Waals surface area contributed by atoms with Crippen molar-refractivity contribution in [3.8, 4) is 0 Å². The van der Waals surface area contributed by atoms with Gasteiger partial charge in [0.2, 0.25) is 0 Å². The van der Waals surface area contributed by atoms with Gasteiger partial charge < -0.3 is 5.73 Å². The first-order valence-electron chi connectivity index (χ1n) is 4.96. The molecule has 16 heavy (non-hydrogen) atoms. The molecule has 0 radical (unpaired) electrons. The lowest BCUT2D eigenvalue weighted by Gasteiger charge is -2.68. The zero-order chi connectivity index (χ0) is 10.9. The minimum Gasteiger partial charge on any atom is -0.325 e. The Bertz CT molecular complexity index is 407. The van der Waals surface area contributed by atoms with Gasteiger partial charge in [-0.2, -0.15) is 8.78 Å². The van der Waals surface area contributed by atoms with Gasteiger partial charge in [0.15, 0.2) is 0 Å². The first kappa shape index (κ1) is 12.2. The number of alkyl halides is 2. The molecular formula is C10H13ClF2N2S. The zero-order valence-corrected chi connectivity index (χ0v) is 10.4. The van der Waals surface area contributed by atoms with E-state index in [0.29, 0.717) is 0 Å². The molecule has 1 heterocycles. The second kappa shape index (κ2) is 3.15. The van der Waals surface area contributed by atoms with E-state index in [4.69, 9.17) is 5.73 Å². The van der Waals surface area contributed by atoms with E-state index in [0.717, 1.165) is 31.2 Å². The van der Waals surface area contributed by atoms with E-state index in [9.17, 15) is 8.78 Å². The summed E-state index contributed by atoms with van der Waals surface area (Å²) in [6, 6.07) is 0. The highest BCUT2D eigenvalue weighted by atomic mass is 35.5. The maximum atomic E-state index is 13.0. The number of hydrogen-bond donors (Lipinski definition) is 1. The van der Waals surface area contributed by atoms with Crippen LogP contribution in [-0.2, 0) is 11.3 Å². The molecule has 2 nitrogen and oxygen atoms in total. The third-order valence-corrected chi connectivity index (χ3v) is 4.57. The zero-order valence-electron chi connectivity index (χ0n) is 8.80. The lowest BCUT2D eigenvalue weighted by atomic mass is 9.40. The maximum absolute atomic E-state index is 13.0. The molecule has 3 fully saturated rings. The summed E-state index contributed by atoms with van der Waals surface area (Å²) >= 11 is 1.35. The van der Waals surface area contributed by atoms with E-state index in [1.165, 1.54) is 16.7 Å². The van der Waals surface area contributed by atoms with Crippen LogP contribution in [0.4, 0.5) is 8.78 Å². The van der Waals surface area contributed by atoms with E-state index in [-0.39, 0.29) is 29.1 Å². The second-order valence-corrected chi connectivity index (χ2v) is 5.96. The molecule has 0 unspecified atom stereocenters. The van der Waals surface area contributed by atoms with Gasteiger partial charge in [-0.05, 0) is 19.3 Å². The Balaban J connectivity index is 0.000000963. The van der Waals surface area contributed by atoms with Gasteiger partial charge in [-0.1, -0.05) is 0 Å². The molecule has 4 rings (SSSR count). The lowest BCUT2D eigenvalue weighted by Crippen LogP contribution is -2.74. The standard InChI is InChI=1S/C10H12F2N2S.ClH/c1-8(11,12)6-2-15-7(14-6)9-3-10(13,4-9)5-9;/h2H,3-5,13H2,1H3;1H. The number of rotatable bonds is 2. The van der Waals surface area contributed by atoms with Crippen LogP contribution in [0, 0.1) is 0 Å². The fraction of sp³-hybridized carbons (Fsp3) is 0.700. The van der Waals surface area contributed by atoms with Crippen LogP contribution in [0.3, 0.4) is 0 Å². The lowest BCUT2D eigenvalue weighted by molar-refractivity contribution is -0.0598. The minimum absolute atomic E-state index is 0. The first-order chi connectivity index (χ1) is 6.83. The van der Waals surface area contributed by atoms with Crippen molar-refractivity contribution in [3.05, 3.63) is 16.1 Å². The average molecular weight is 267 g/mol. The maximum Gasteiger partial charge on any atom is 0.287 e. The van der Waals surface area contributed by atoms with Crippen LogP contribution < -0.4 is 5.73 Å². The van der Waals surface area contributed by atoms with E-state index >= 15 is 0 Å². The summed E-state index contributed by atoms with van der Waals surface area (Å²) in [6.45, 7) is 0.887. The molecule has 0 spiro atoms. The molecule has 3 aliphatic rings. The van der Waals surface area contributed by atoms with Crippen LogP contribution in [0.15, 0.2) is 5.38 Å². The topological polar surface area (TPSA) is 38.9 Å². The van der Waals surface area contributed by atoms with Crippen molar-refractivity contribution in [3.63, 3.8) is 0 Å². The largest absolute Gasteiger partial charge is 0.325 e. The molecule has 0 amide bonds. The molecule has 3 aliphatic carbocycles. The van der Waals surface area contributed by atoms with Gasteiger partial charge in [-0.15, -0.1) is 23.7 Å². The first-order valence-corrected chi connectivity index (χ1v) is 5.84. The Morgan fingerprint density at radius 2 is 2.00 bits per heavy atom. The van der Waals surface area contributed by atoms with Gasteiger partial charge >= 0.3 is 0 Å². The van der Waals surface area contributed by atoms with Gasteiger partial charge in [-0.3, -0.25) is 0 Å². The van der Waals surface area contributed by atoms with Crippen LogP contribution >= 0.6 is 23.7 Å². The Labute approximate surface area is 103 Å². The van der Waals surface area contributed by atoms with Crippen LogP contribution in [0.25, 0.3) is 0 Å². The van der Waals surface area contributed by atoms with Crippen molar-refractivity contribution in [2.45, 2.75) is 43.1 Å². The molecule has 2 N–H and O–H groups in total. The summed E-state index contributed by atoms with van der Waals surface area (Å²) in [7, 11) is 0. The van der Waals surface area contributed by atoms with E-state index < -0.39 is 5.92 Å². The Hall–Kier alpha value is -0.260. The smallest absolute Gasteiger partial charge is 0.287 e. The number of thiazole rings is 1. The van der Waals surface area contributed by atoms with Crippen molar-refractivity contribution in [2.75, 3.05) is 0 Å². The van der Waals surface area contributed by atoms with E-state index in [2.05, 4.69) is 4.98 Å². The minimum atomic E-state index is -2.82. The highest BCUT2D eigenvalue weighted by Crippen LogP contribution is 2.66. The van der Waals surface area contributed by atoms with Gasteiger partial charge in [0.25, 0.3) is 5.92 Å². The summed E-state index contributed by atoms with van der Waals surface area (Å²) in [5, 5.41) is 2.32. The van der Waals surface area contributed by atoms with Gasteiger partial charge in [-0.25, -0.2) is 4.98 Å². The van der Waals surface area contributed by atoms with Gasteiger partial charge in [0.1, 0.15) is 5.69 Å². The summed E-state index contributed by atoms with van der Waals surface area (Å²) in [4.78, 5) is 4.06. The molecule has 0 atom stereocenters. The SMILES string of the molecule is CC(F)(F)c1csc(C23CC(N)(C2)C3)n1.Cl. The molecule has 2 bridgehead atoms. The number of nitrogens with two attached hydrogens (primary N) is 1. The molecule has 6 heteroatoms. The van der Waals surface area contributed by atoms with Crippen LogP contribution in [-0.4, -0.2) is 10.5 Å². The number of hydrogen-bond acceptors (Lipinski definition) is 3. The molecular weight excluding hydrogens is 254 g/mol. The number of aromatic nitrogens is 1. The molecule has 90 valence electrons. The number of halogens is 3. The van der Waals surface area contributed by atoms with E-state index in [1.807, 2.05) is 0 Å². The second-order valence-electron chi connectivity index (χ2n) is 5.10. The Kier molecular flexibility index (Phi) is 2.40. The van der Waals surface area contributed by atoms with Crippen LogP contribution in [0.2, 0.25) is 0 Å². The quantitative estimate of drug-likeness (QED) is 0.894. The highest BCUT2D eigenvalue weighted by molar-refractivity contribution is 7.09. The summed E-state index contributed by atoms with van der Waals surface area (Å²) in [6.07, 6.45) is 2.76. The Morgan fingerprint density at radius 3 is 2.38 bits per heavy atom. The van der Waals surface area contributed by atoms with Gasteiger partial charge in [0, 0.05) is 23.3 Å². The fourth-order valence-corrected chi connectivity index (χ4v) is 3.91. The van der Waals surface area contributed by atoms with Crippen molar-refractivity contribution in [2.24, 2.45) is 5.73 Å². The monoisotopic (exact) mass is 266 g/mol. The van der Waals surface area contributed by atoms with Crippen LogP contribution in [0.5, 0.6) is 0 Å². The molecule has 0 aromatic carbocycles. The normalized spacial score (nSPS) is 36.0. The Morgan fingerprint density at radius 1 is 1.44 bits per heavy atom. The van der Waals surface area contributed by atoms with E-state index in [1.54, 1.807) is 0 Å². The summed E-state index contributed by atoms with van der Waals surface area (Å²) in [5.41, 5.74) is 5.89. The van der Waals surface area contributed by atoms with Crippen molar-refractivity contribution < 1.29 is 8.78 Å². The predicted octanol–water partition coefficient (Wildman–Crippen LogP) is 2.81. The average Bonchev–Trinajstić information content (AvgIpc) is 2.43. The number of nitrogens with zero attached hydrogens (tertiary/aromatic N) is 1. The molecule has 1 aromatic rings. The molecule has 1 aromatic heterocycles. The van der Waals surface area contributed by atoms with Crippen molar-refractivity contribution in [1.82, 2.24) is 4.98 Å². The van der Waals surface area contributed by atoms with Crippen LogP contribution in [0.1, 0.15) is 36.9 Å². The molecule has 0 saturated heterocycles.